The number of rotatable bonds is 5. The van der Waals surface area contributed by atoms with Crippen LogP contribution in [-0.4, -0.2) is 18.0 Å². The molecule has 94 valence electrons. The van der Waals surface area contributed by atoms with Crippen LogP contribution in [0.2, 0.25) is 0 Å². The Morgan fingerprint density at radius 3 is 2.47 bits per heavy atom. The number of amides is 1. The Morgan fingerprint density at radius 2 is 1.94 bits per heavy atom. The van der Waals surface area contributed by atoms with Gasteiger partial charge in [0.2, 0.25) is 5.91 Å². The van der Waals surface area contributed by atoms with Gasteiger partial charge in [-0.1, -0.05) is 30.3 Å². The lowest BCUT2D eigenvalue weighted by atomic mass is 10.0. The summed E-state index contributed by atoms with van der Waals surface area (Å²) in [7, 11) is 0. The SMILES string of the molecule is CC(C)(N)CNC(=O)CC(N)c1ccccc1. The maximum absolute atomic E-state index is 11.6. The molecule has 1 aromatic carbocycles. The van der Waals surface area contributed by atoms with Crippen LogP contribution < -0.4 is 16.8 Å². The van der Waals surface area contributed by atoms with Gasteiger partial charge in [-0.2, -0.15) is 0 Å². The van der Waals surface area contributed by atoms with Gasteiger partial charge in [-0.25, -0.2) is 0 Å². The molecule has 0 aromatic heterocycles. The molecule has 1 atom stereocenters. The number of nitrogens with one attached hydrogen (secondary N) is 1. The first kappa shape index (κ1) is 13.7. The van der Waals surface area contributed by atoms with E-state index in [0.29, 0.717) is 6.54 Å². The minimum absolute atomic E-state index is 0.0696. The van der Waals surface area contributed by atoms with Gasteiger partial charge in [-0.05, 0) is 19.4 Å². The molecule has 0 radical (unpaired) electrons. The van der Waals surface area contributed by atoms with E-state index in [0.717, 1.165) is 5.56 Å². The summed E-state index contributed by atoms with van der Waals surface area (Å²) in [6.07, 6.45) is 0.278. The van der Waals surface area contributed by atoms with Crippen molar-refractivity contribution >= 4 is 5.91 Å². The van der Waals surface area contributed by atoms with Crippen molar-refractivity contribution in [2.45, 2.75) is 31.8 Å². The fraction of sp³-hybridized carbons (Fsp3) is 0.462. The zero-order chi connectivity index (χ0) is 12.9. The average molecular weight is 235 g/mol. The molecule has 5 N–H and O–H groups in total. The molecule has 0 saturated heterocycles. The zero-order valence-electron chi connectivity index (χ0n) is 10.4. The van der Waals surface area contributed by atoms with Crippen molar-refractivity contribution in [1.82, 2.24) is 5.32 Å². The summed E-state index contributed by atoms with van der Waals surface area (Å²) in [5, 5.41) is 2.78. The van der Waals surface area contributed by atoms with Crippen LogP contribution >= 0.6 is 0 Å². The van der Waals surface area contributed by atoms with Gasteiger partial charge in [0.05, 0.1) is 0 Å². The van der Waals surface area contributed by atoms with Crippen molar-refractivity contribution < 1.29 is 4.79 Å². The highest BCUT2D eigenvalue weighted by molar-refractivity contribution is 5.76. The third kappa shape index (κ3) is 5.47. The topological polar surface area (TPSA) is 81.1 Å². The molecule has 17 heavy (non-hydrogen) atoms. The molecule has 0 aliphatic heterocycles. The van der Waals surface area contributed by atoms with E-state index < -0.39 is 5.54 Å². The van der Waals surface area contributed by atoms with E-state index in [1.165, 1.54) is 0 Å². The van der Waals surface area contributed by atoms with Gasteiger partial charge in [0, 0.05) is 24.5 Å². The molecule has 1 amide bonds. The maximum atomic E-state index is 11.6. The number of hydrogen-bond acceptors (Lipinski definition) is 3. The summed E-state index contributed by atoms with van der Waals surface area (Å²) in [6, 6.07) is 9.33. The second kappa shape index (κ2) is 5.80. The van der Waals surface area contributed by atoms with Crippen LogP contribution in [-0.2, 0) is 4.79 Å². The van der Waals surface area contributed by atoms with E-state index in [9.17, 15) is 4.79 Å². The average Bonchev–Trinajstić information content (AvgIpc) is 2.27. The van der Waals surface area contributed by atoms with E-state index in [-0.39, 0.29) is 18.4 Å². The molecular formula is C13H21N3O. The van der Waals surface area contributed by atoms with Gasteiger partial charge in [0.25, 0.3) is 0 Å². The second-order valence-electron chi connectivity index (χ2n) is 4.99. The van der Waals surface area contributed by atoms with Gasteiger partial charge in [0.1, 0.15) is 0 Å². The van der Waals surface area contributed by atoms with Gasteiger partial charge in [-0.3, -0.25) is 4.79 Å². The number of carbonyl (C=O) groups excluding carboxylic acids is 1. The molecule has 1 aromatic rings. The largest absolute Gasteiger partial charge is 0.354 e. The van der Waals surface area contributed by atoms with Crippen LogP contribution in [0.25, 0.3) is 0 Å². The van der Waals surface area contributed by atoms with Crippen LogP contribution in [0.5, 0.6) is 0 Å². The number of benzene rings is 1. The van der Waals surface area contributed by atoms with Gasteiger partial charge in [-0.15, -0.1) is 0 Å². The third-order valence-corrected chi connectivity index (χ3v) is 2.37. The Kier molecular flexibility index (Phi) is 4.66. The van der Waals surface area contributed by atoms with E-state index in [1.807, 2.05) is 44.2 Å². The molecule has 1 unspecified atom stereocenters. The molecule has 0 heterocycles. The lowest BCUT2D eigenvalue weighted by Crippen LogP contribution is -2.45. The Hall–Kier alpha value is -1.39. The molecule has 0 bridgehead atoms. The predicted molar refractivity (Wildman–Crippen MR) is 69.3 cm³/mol. The van der Waals surface area contributed by atoms with Crippen LogP contribution in [0.4, 0.5) is 0 Å². The molecule has 0 spiro atoms. The van der Waals surface area contributed by atoms with Gasteiger partial charge >= 0.3 is 0 Å². The molecule has 1 rings (SSSR count). The fourth-order valence-corrected chi connectivity index (χ4v) is 1.42. The molecule has 0 aliphatic rings. The summed E-state index contributed by atoms with van der Waals surface area (Å²) in [5.74, 6) is -0.0696. The standard InChI is InChI=1S/C13H21N3O/c1-13(2,15)9-16-12(17)8-11(14)10-6-4-3-5-7-10/h3-7,11H,8-9,14-15H2,1-2H3,(H,16,17). The Balaban J connectivity index is 2.42. The first-order chi connectivity index (χ1) is 7.88. The lowest BCUT2D eigenvalue weighted by Gasteiger charge is -2.20. The molecule has 0 aliphatic carbocycles. The van der Waals surface area contributed by atoms with Crippen molar-refractivity contribution in [3.8, 4) is 0 Å². The van der Waals surface area contributed by atoms with E-state index in [1.54, 1.807) is 0 Å². The monoisotopic (exact) mass is 235 g/mol. The van der Waals surface area contributed by atoms with Crippen LogP contribution in [0.1, 0.15) is 31.9 Å². The maximum Gasteiger partial charge on any atom is 0.221 e. The number of hydrogen-bond donors (Lipinski definition) is 3. The fourth-order valence-electron chi connectivity index (χ4n) is 1.42. The Labute approximate surface area is 102 Å². The van der Waals surface area contributed by atoms with Crippen molar-refractivity contribution in [2.24, 2.45) is 11.5 Å². The van der Waals surface area contributed by atoms with Gasteiger partial charge in [0.15, 0.2) is 0 Å². The third-order valence-electron chi connectivity index (χ3n) is 2.37. The molecule has 4 nitrogen and oxygen atoms in total. The minimum Gasteiger partial charge on any atom is -0.354 e. The summed E-state index contributed by atoms with van der Waals surface area (Å²) >= 11 is 0. The van der Waals surface area contributed by atoms with E-state index >= 15 is 0 Å². The summed E-state index contributed by atoms with van der Waals surface area (Å²) in [5.41, 5.74) is 12.3. The minimum atomic E-state index is -0.396. The number of nitrogens with two attached hydrogens (primary N) is 2. The first-order valence-corrected chi connectivity index (χ1v) is 5.74. The van der Waals surface area contributed by atoms with E-state index in [4.69, 9.17) is 11.5 Å². The molecule has 4 heteroatoms. The molecular weight excluding hydrogens is 214 g/mol. The normalized spacial score (nSPS) is 13.2. The molecule has 0 fully saturated rings. The Bertz CT molecular complexity index is 357. The first-order valence-electron chi connectivity index (χ1n) is 5.74. The second-order valence-corrected chi connectivity index (χ2v) is 4.99. The van der Waals surface area contributed by atoms with Crippen molar-refractivity contribution in [1.29, 1.82) is 0 Å². The van der Waals surface area contributed by atoms with Crippen LogP contribution in [0.15, 0.2) is 30.3 Å². The summed E-state index contributed by atoms with van der Waals surface area (Å²) in [6.45, 7) is 4.18. The van der Waals surface area contributed by atoms with Gasteiger partial charge < -0.3 is 16.8 Å². The predicted octanol–water partition coefficient (Wildman–Crippen LogP) is 0.930. The number of carbonyl (C=O) groups is 1. The van der Waals surface area contributed by atoms with Crippen molar-refractivity contribution in [3.63, 3.8) is 0 Å². The quantitative estimate of drug-likeness (QED) is 0.710. The van der Waals surface area contributed by atoms with Crippen LogP contribution in [0.3, 0.4) is 0 Å². The lowest BCUT2D eigenvalue weighted by molar-refractivity contribution is -0.121. The van der Waals surface area contributed by atoms with Crippen molar-refractivity contribution in [2.75, 3.05) is 6.54 Å². The van der Waals surface area contributed by atoms with Crippen LogP contribution in [0, 0.1) is 0 Å². The van der Waals surface area contributed by atoms with Crippen molar-refractivity contribution in [3.05, 3.63) is 35.9 Å². The summed E-state index contributed by atoms with van der Waals surface area (Å²) < 4.78 is 0. The molecule has 0 saturated carbocycles. The zero-order valence-corrected chi connectivity index (χ0v) is 10.4. The summed E-state index contributed by atoms with van der Waals surface area (Å²) in [4.78, 5) is 11.6. The van der Waals surface area contributed by atoms with E-state index in [2.05, 4.69) is 5.32 Å². The highest BCUT2D eigenvalue weighted by Crippen LogP contribution is 2.12. The smallest absolute Gasteiger partial charge is 0.221 e. The Morgan fingerprint density at radius 1 is 1.35 bits per heavy atom. The highest BCUT2D eigenvalue weighted by Gasteiger charge is 2.15. The highest BCUT2D eigenvalue weighted by atomic mass is 16.1.